The first-order valence-corrected chi connectivity index (χ1v) is 13.4. The molecule has 0 aliphatic carbocycles. The fourth-order valence-corrected chi connectivity index (χ4v) is 4.65. The molecule has 0 saturated carbocycles. The summed E-state index contributed by atoms with van der Waals surface area (Å²) in [6.45, 7) is 0. The minimum atomic E-state index is -4.87. The molecule has 0 amide bonds. The summed E-state index contributed by atoms with van der Waals surface area (Å²) in [7, 11) is -3.61. The average molecular weight is 556 g/mol. The van der Waals surface area contributed by atoms with E-state index < -0.39 is 39.3 Å². The molecule has 0 saturated heterocycles. The first-order valence-electron chi connectivity index (χ1n) is 11.5. The van der Waals surface area contributed by atoms with Crippen molar-refractivity contribution in [2.45, 2.75) is 30.0 Å². The molecule has 202 valence electrons. The number of sulfone groups is 1. The molecule has 1 atom stereocenters. The molecule has 0 aliphatic heterocycles. The summed E-state index contributed by atoms with van der Waals surface area (Å²) in [5, 5.41) is 20.0. The average Bonchev–Trinajstić information content (AvgIpc) is 2.90. The van der Waals surface area contributed by atoms with Crippen LogP contribution < -0.4 is 5.73 Å². The monoisotopic (exact) mass is 555 g/mol. The number of carbonyl (C=O) groups is 1. The maximum Gasteiger partial charge on any atom is 0.430 e. The number of aliphatic imine (C=N–C) groups is 1. The molecule has 3 N–H and O–H groups in total. The largest absolute Gasteiger partial charge is 0.430 e. The van der Waals surface area contributed by atoms with E-state index in [1.54, 1.807) is 36.4 Å². The Labute approximate surface area is 223 Å². The summed E-state index contributed by atoms with van der Waals surface area (Å²) in [6, 6.07) is 20.1. The van der Waals surface area contributed by atoms with E-state index in [4.69, 9.17) is 11.0 Å². The molecule has 0 fully saturated rings. The third-order valence-electron chi connectivity index (χ3n) is 5.65. The van der Waals surface area contributed by atoms with Crippen LogP contribution in [0, 0.1) is 11.3 Å². The van der Waals surface area contributed by atoms with E-state index in [0.29, 0.717) is 17.2 Å². The number of benzene rings is 3. The Balaban J connectivity index is 1.87. The highest BCUT2D eigenvalue weighted by Gasteiger charge is 2.32. The van der Waals surface area contributed by atoms with Gasteiger partial charge >= 0.3 is 6.18 Å². The van der Waals surface area contributed by atoms with Crippen molar-refractivity contribution < 1.29 is 31.5 Å². The Hall–Kier alpha value is -4.27. The number of nitrogens with two attached hydrogens (primary N) is 1. The number of carbonyl (C=O) groups excluding carboxylic acids is 1. The summed E-state index contributed by atoms with van der Waals surface area (Å²) in [5.74, 6) is -0.724. The SMILES string of the molecule is CS(=O)(=O)c1ccccc1C(O)c1cccc(CCC(=O)C(C=C(N)C(F)(F)F)=Nc2cccc(C#N)c2)c1. The Morgan fingerprint density at radius 1 is 1.10 bits per heavy atom. The molecule has 11 heteroatoms. The third-order valence-corrected chi connectivity index (χ3v) is 6.82. The third kappa shape index (κ3) is 7.86. The number of aliphatic hydroxyl groups excluding tert-OH is 1. The number of allylic oxidation sites excluding steroid dienone is 2. The minimum absolute atomic E-state index is 0.0200. The first-order chi connectivity index (χ1) is 18.3. The van der Waals surface area contributed by atoms with E-state index >= 15 is 0 Å². The molecule has 0 aromatic heterocycles. The van der Waals surface area contributed by atoms with Crippen molar-refractivity contribution in [3.05, 3.63) is 107 Å². The second-order valence-corrected chi connectivity index (χ2v) is 10.6. The van der Waals surface area contributed by atoms with E-state index in [9.17, 15) is 31.5 Å². The van der Waals surface area contributed by atoms with Crippen LogP contribution in [0.5, 0.6) is 0 Å². The molecule has 0 heterocycles. The maximum absolute atomic E-state index is 13.1. The van der Waals surface area contributed by atoms with Gasteiger partial charge in [0.25, 0.3) is 0 Å². The second kappa shape index (κ2) is 12.1. The zero-order valence-corrected chi connectivity index (χ0v) is 21.5. The van der Waals surface area contributed by atoms with Crippen LogP contribution in [0.4, 0.5) is 18.9 Å². The van der Waals surface area contributed by atoms with Crippen molar-refractivity contribution in [3.63, 3.8) is 0 Å². The summed E-state index contributed by atoms with van der Waals surface area (Å²) < 4.78 is 63.5. The standard InChI is InChI=1S/C28H24F3N3O4S/c1-39(37,38)25-11-3-2-10-22(25)27(36)20-8-4-6-18(14-20)12-13-24(35)23(16-26(33)28(29,30)31)34-21-9-5-7-19(15-21)17-32/h2-11,14-16,27,36H,12-13,33H2,1H3. The zero-order valence-electron chi connectivity index (χ0n) is 20.7. The van der Waals surface area contributed by atoms with Gasteiger partial charge in [0.2, 0.25) is 0 Å². The molecule has 0 spiro atoms. The molecule has 3 rings (SSSR count). The number of hydrogen-bond acceptors (Lipinski definition) is 7. The van der Waals surface area contributed by atoms with Crippen molar-refractivity contribution in [2.75, 3.05) is 6.26 Å². The molecule has 3 aromatic carbocycles. The van der Waals surface area contributed by atoms with E-state index in [0.717, 1.165) is 6.26 Å². The number of nitrogens with zero attached hydrogens (tertiary/aromatic N) is 2. The molecule has 39 heavy (non-hydrogen) atoms. The molecule has 7 nitrogen and oxygen atoms in total. The van der Waals surface area contributed by atoms with Gasteiger partial charge in [-0.1, -0.05) is 48.5 Å². The first kappa shape index (κ1) is 29.3. The lowest BCUT2D eigenvalue weighted by atomic mass is 9.97. The smallest absolute Gasteiger partial charge is 0.395 e. The molecular weight excluding hydrogens is 531 g/mol. The second-order valence-electron chi connectivity index (χ2n) is 8.64. The quantitative estimate of drug-likeness (QED) is 0.367. The zero-order chi connectivity index (χ0) is 28.8. The van der Waals surface area contributed by atoms with Gasteiger partial charge in [-0.25, -0.2) is 13.4 Å². The van der Waals surface area contributed by atoms with Crippen LogP contribution in [-0.4, -0.2) is 37.5 Å². The predicted octanol–water partition coefficient (Wildman–Crippen LogP) is 4.72. The van der Waals surface area contributed by atoms with Gasteiger partial charge in [0.15, 0.2) is 15.6 Å². The molecule has 3 aromatic rings. The summed E-state index contributed by atoms with van der Waals surface area (Å²) >= 11 is 0. The Morgan fingerprint density at radius 3 is 2.46 bits per heavy atom. The number of halogens is 3. The topological polar surface area (TPSA) is 134 Å². The van der Waals surface area contributed by atoms with Crippen LogP contribution in [-0.2, 0) is 21.1 Å². The number of aryl methyl sites for hydroxylation is 1. The van der Waals surface area contributed by atoms with Crippen molar-refractivity contribution in [1.29, 1.82) is 5.26 Å². The van der Waals surface area contributed by atoms with Gasteiger partial charge in [-0.15, -0.1) is 0 Å². The van der Waals surface area contributed by atoms with Crippen LogP contribution in [0.2, 0.25) is 0 Å². The highest BCUT2D eigenvalue weighted by atomic mass is 32.2. The highest BCUT2D eigenvalue weighted by molar-refractivity contribution is 7.90. The Bertz CT molecular complexity index is 1590. The molecular formula is C28H24F3N3O4S. The van der Waals surface area contributed by atoms with Gasteiger partial charge in [0, 0.05) is 18.2 Å². The number of rotatable bonds is 9. The van der Waals surface area contributed by atoms with Crippen molar-refractivity contribution in [1.82, 2.24) is 0 Å². The van der Waals surface area contributed by atoms with Gasteiger partial charge < -0.3 is 10.8 Å². The molecule has 0 aliphatic rings. The van der Waals surface area contributed by atoms with Crippen LogP contribution >= 0.6 is 0 Å². The molecule has 0 radical (unpaired) electrons. The number of hydrogen-bond donors (Lipinski definition) is 2. The summed E-state index contributed by atoms with van der Waals surface area (Å²) in [4.78, 5) is 16.9. The molecule has 1 unspecified atom stereocenters. The highest BCUT2D eigenvalue weighted by Crippen LogP contribution is 2.29. The van der Waals surface area contributed by atoms with Crippen LogP contribution in [0.25, 0.3) is 0 Å². The van der Waals surface area contributed by atoms with E-state index in [1.165, 1.54) is 36.4 Å². The normalized spacial score (nSPS) is 13.5. The minimum Gasteiger partial charge on any atom is -0.395 e. The Morgan fingerprint density at radius 2 is 1.79 bits per heavy atom. The van der Waals surface area contributed by atoms with E-state index in [-0.39, 0.29) is 34.6 Å². The van der Waals surface area contributed by atoms with Gasteiger partial charge in [-0.05, 0) is 47.9 Å². The fourth-order valence-electron chi connectivity index (χ4n) is 3.72. The van der Waals surface area contributed by atoms with Crippen molar-refractivity contribution >= 4 is 27.0 Å². The van der Waals surface area contributed by atoms with Crippen molar-refractivity contribution in [3.8, 4) is 6.07 Å². The number of aliphatic hydroxyl groups is 1. The lowest BCUT2D eigenvalue weighted by Crippen LogP contribution is -2.23. The van der Waals surface area contributed by atoms with Crippen LogP contribution in [0.3, 0.4) is 0 Å². The van der Waals surface area contributed by atoms with Crippen LogP contribution in [0.15, 0.2) is 94.5 Å². The Kier molecular flexibility index (Phi) is 9.06. The van der Waals surface area contributed by atoms with Crippen LogP contribution in [0.1, 0.15) is 34.8 Å². The lowest BCUT2D eigenvalue weighted by Gasteiger charge is -2.16. The van der Waals surface area contributed by atoms with Gasteiger partial charge in [0.1, 0.15) is 17.5 Å². The van der Waals surface area contributed by atoms with E-state index in [1.807, 2.05) is 6.07 Å². The lowest BCUT2D eigenvalue weighted by molar-refractivity contribution is -0.112. The van der Waals surface area contributed by atoms with Gasteiger partial charge in [0.05, 0.1) is 22.2 Å². The number of ketones is 1. The van der Waals surface area contributed by atoms with Gasteiger partial charge in [-0.2, -0.15) is 18.4 Å². The maximum atomic E-state index is 13.1. The summed E-state index contributed by atoms with van der Waals surface area (Å²) in [5.41, 5.74) is 4.57. The number of nitriles is 1. The number of Topliss-reactive ketones (excluding diaryl/α,β-unsaturated/α-hetero) is 1. The van der Waals surface area contributed by atoms with E-state index in [2.05, 4.69) is 4.99 Å². The number of alkyl halides is 3. The van der Waals surface area contributed by atoms with Gasteiger partial charge in [-0.3, -0.25) is 4.79 Å². The molecule has 0 bridgehead atoms. The summed E-state index contributed by atoms with van der Waals surface area (Å²) in [6.07, 6.45) is -4.80. The van der Waals surface area contributed by atoms with Crippen molar-refractivity contribution in [2.24, 2.45) is 10.7 Å². The fraction of sp³-hybridized carbons (Fsp3) is 0.179. The predicted molar refractivity (Wildman–Crippen MR) is 140 cm³/mol.